The molecule has 1 amide bonds. The predicted molar refractivity (Wildman–Crippen MR) is 91.0 cm³/mol. The second kappa shape index (κ2) is 7.37. The third-order valence-corrected chi connectivity index (χ3v) is 3.66. The zero-order chi connectivity index (χ0) is 16.8. The Morgan fingerprint density at radius 3 is 2.38 bits per heavy atom. The highest BCUT2D eigenvalue weighted by Crippen LogP contribution is 2.10. The minimum absolute atomic E-state index is 0.329. The third-order valence-electron chi connectivity index (χ3n) is 3.66. The van der Waals surface area contributed by atoms with Gasteiger partial charge in [-0.15, -0.1) is 0 Å². The molecule has 120 valence electrons. The molecule has 1 atom stereocenters. The molecule has 24 heavy (non-hydrogen) atoms. The molecular weight excluding hydrogens is 302 g/mol. The summed E-state index contributed by atoms with van der Waals surface area (Å²) in [4.78, 5) is 23.9. The number of carbonyl (C=O) groups is 2. The zero-order valence-electron chi connectivity index (χ0n) is 13.0. The van der Waals surface area contributed by atoms with Gasteiger partial charge in [-0.1, -0.05) is 48.5 Å². The Morgan fingerprint density at radius 2 is 1.71 bits per heavy atom. The van der Waals surface area contributed by atoms with Gasteiger partial charge in [0.15, 0.2) is 0 Å². The summed E-state index contributed by atoms with van der Waals surface area (Å²) in [7, 11) is 0. The number of amides is 1. The first kappa shape index (κ1) is 15.7. The van der Waals surface area contributed by atoms with Crippen LogP contribution >= 0.6 is 0 Å². The number of hydrogen-bond acceptors (Lipinski definition) is 3. The summed E-state index contributed by atoms with van der Waals surface area (Å²) in [6.45, 7) is 0. The molecule has 3 rings (SSSR count). The van der Waals surface area contributed by atoms with Gasteiger partial charge in [-0.25, -0.2) is 4.68 Å². The van der Waals surface area contributed by atoms with Crippen LogP contribution < -0.4 is 5.32 Å². The van der Waals surface area contributed by atoms with Crippen LogP contribution in [0.5, 0.6) is 0 Å². The standard InChI is InChI=1S/C19H17N3O2/c23-14-16(13-15-7-3-1-4-8-15)21-19(24)18-11-12-20-22(18)17-9-5-2-6-10-17/h1-12,14,16H,13H2,(H,21,24)/t16-/m0/s1. The van der Waals surface area contributed by atoms with E-state index >= 15 is 0 Å². The second-order valence-corrected chi connectivity index (χ2v) is 5.37. The number of carbonyl (C=O) groups excluding carboxylic acids is 2. The molecule has 0 fully saturated rings. The molecule has 0 saturated heterocycles. The summed E-state index contributed by atoms with van der Waals surface area (Å²) in [5, 5.41) is 6.95. The molecule has 0 aliphatic carbocycles. The SMILES string of the molecule is O=C[C@H](Cc1ccccc1)NC(=O)c1ccnn1-c1ccccc1. The number of aromatic nitrogens is 2. The van der Waals surface area contributed by atoms with Gasteiger partial charge >= 0.3 is 0 Å². The largest absolute Gasteiger partial charge is 0.341 e. The van der Waals surface area contributed by atoms with Crippen LogP contribution in [-0.4, -0.2) is 28.0 Å². The summed E-state index contributed by atoms with van der Waals surface area (Å²) in [6.07, 6.45) is 2.78. The lowest BCUT2D eigenvalue weighted by Gasteiger charge is -2.14. The molecule has 5 heteroatoms. The molecule has 0 radical (unpaired) electrons. The highest BCUT2D eigenvalue weighted by Gasteiger charge is 2.17. The summed E-state index contributed by atoms with van der Waals surface area (Å²) in [6, 6.07) is 20.0. The summed E-state index contributed by atoms with van der Waals surface area (Å²) in [5.41, 5.74) is 2.17. The molecule has 0 aliphatic heterocycles. The highest BCUT2D eigenvalue weighted by atomic mass is 16.2. The molecule has 0 bridgehead atoms. The fourth-order valence-electron chi connectivity index (χ4n) is 2.49. The molecule has 2 aromatic carbocycles. The average molecular weight is 319 g/mol. The van der Waals surface area contributed by atoms with Gasteiger partial charge in [0.1, 0.15) is 12.0 Å². The number of aldehydes is 1. The minimum Gasteiger partial charge on any atom is -0.341 e. The molecule has 3 aromatic rings. The molecule has 0 spiro atoms. The van der Waals surface area contributed by atoms with E-state index in [-0.39, 0.29) is 5.91 Å². The van der Waals surface area contributed by atoms with E-state index in [0.29, 0.717) is 12.1 Å². The molecule has 0 saturated carbocycles. The van der Waals surface area contributed by atoms with E-state index in [1.54, 1.807) is 16.9 Å². The Morgan fingerprint density at radius 1 is 1.04 bits per heavy atom. The van der Waals surface area contributed by atoms with Crippen LogP contribution in [0.15, 0.2) is 72.9 Å². The van der Waals surface area contributed by atoms with Crippen molar-refractivity contribution in [1.82, 2.24) is 15.1 Å². The number of nitrogens with one attached hydrogen (secondary N) is 1. The topological polar surface area (TPSA) is 64.0 Å². The predicted octanol–water partition coefficient (Wildman–Crippen LogP) is 2.41. The quantitative estimate of drug-likeness (QED) is 0.710. The van der Waals surface area contributed by atoms with Gasteiger partial charge in [-0.3, -0.25) is 4.79 Å². The van der Waals surface area contributed by atoms with Crippen LogP contribution in [0.4, 0.5) is 0 Å². The van der Waals surface area contributed by atoms with E-state index in [2.05, 4.69) is 10.4 Å². The molecular formula is C19H17N3O2. The maximum atomic E-state index is 12.5. The van der Waals surface area contributed by atoms with E-state index < -0.39 is 6.04 Å². The monoisotopic (exact) mass is 319 g/mol. The van der Waals surface area contributed by atoms with Crippen molar-refractivity contribution in [3.8, 4) is 5.69 Å². The van der Waals surface area contributed by atoms with Crippen LogP contribution in [0, 0.1) is 0 Å². The molecule has 5 nitrogen and oxygen atoms in total. The van der Waals surface area contributed by atoms with Gasteiger partial charge in [0.2, 0.25) is 0 Å². The van der Waals surface area contributed by atoms with Gasteiger partial charge in [0, 0.05) is 0 Å². The Labute approximate surface area is 139 Å². The summed E-state index contributed by atoms with van der Waals surface area (Å²) in [5.74, 6) is -0.329. The molecule has 0 unspecified atom stereocenters. The van der Waals surface area contributed by atoms with E-state index in [0.717, 1.165) is 17.5 Å². The first-order valence-corrected chi connectivity index (χ1v) is 7.67. The van der Waals surface area contributed by atoms with Gasteiger partial charge < -0.3 is 10.1 Å². The Kier molecular flexibility index (Phi) is 4.81. The number of nitrogens with zero attached hydrogens (tertiary/aromatic N) is 2. The smallest absolute Gasteiger partial charge is 0.270 e. The van der Waals surface area contributed by atoms with Crippen molar-refractivity contribution in [2.75, 3.05) is 0 Å². The molecule has 1 heterocycles. The van der Waals surface area contributed by atoms with E-state index in [4.69, 9.17) is 0 Å². The number of hydrogen-bond donors (Lipinski definition) is 1. The molecule has 1 N–H and O–H groups in total. The van der Waals surface area contributed by atoms with Crippen LogP contribution in [0.1, 0.15) is 16.1 Å². The Hall–Kier alpha value is -3.21. The van der Waals surface area contributed by atoms with Gasteiger partial charge in [-0.05, 0) is 30.2 Å². The van der Waals surface area contributed by atoms with Crippen LogP contribution in [0.3, 0.4) is 0 Å². The molecule has 0 aliphatic rings. The van der Waals surface area contributed by atoms with Crippen molar-refractivity contribution in [3.05, 3.63) is 84.2 Å². The lowest BCUT2D eigenvalue weighted by molar-refractivity contribution is -0.109. The number of rotatable bonds is 6. The fraction of sp³-hybridized carbons (Fsp3) is 0.105. The first-order chi connectivity index (χ1) is 11.8. The fourth-order valence-corrected chi connectivity index (χ4v) is 2.49. The highest BCUT2D eigenvalue weighted by molar-refractivity contribution is 5.94. The second-order valence-electron chi connectivity index (χ2n) is 5.37. The normalized spacial score (nSPS) is 11.7. The lowest BCUT2D eigenvalue weighted by atomic mass is 10.1. The van der Waals surface area contributed by atoms with E-state index in [1.807, 2.05) is 60.7 Å². The van der Waals surface area contributed by atoms with Crippen LogP contribution in [0.2, 0.25) is 0 Å². The maximum absolute atomic E-state index is 12.5. The number of para-hydroxylation sites is 1. The van der Waals surface area contributed by atoms with Gasteiger partial charge in [0.05, 0.1) is 17.9 Å². The van der Waals surface area contributed by atoms with Gasteiger partial charge in [0.25, 0.3) is 5.91 Å². The Bertz CT molecular complexity index is 813. The summed E-state index contributed by atoms with van der Waals surface area (Å²) < 4.78 is 1.56. The van der Waals surface area contributed by atoms with Crippen molar-refractivity contribution in [1.29, 1.82) is 0 Å². The van der Waals surface area contributed by atoms with Crippen molar-refractivity contribution in [2.24, 2.45) is 0 Å². The summed E-state index contributed by atoms with van der Waals surface area (Å²) >= 11 is 0. The van der Waals surface area contributed by atoms with Crippen molar-refractivity contribution in [3.63, 3.8) is 0 Å². The van der Waals surface area contributed by atoms with Crippen molar-refractivity contribution in [2.45, 2.75) is 12.5 Å². The lowest BCUT2D eigenvalue weighted by Crippen LogP contribution is -2.38. The molecule has 1 aromatic heterocycles. The van der Waals surface area contributed by atoms with Crippen molar-refractivity contribution >= 4 is 12.2 Å². The van der Waals surface area contributed by atoms with E-state index in [9.17, 15) is 9.59 Å². The van der Waals surface area contributed by atoms with E-state index in [1.165, 1.54) is 0 Å². The zero-order valence-corrected chi connectivity index (χ0v) is 13.0. The van der Waals surface area contributed by atoms with Crippen molar-refractivity contribution < 1.29 is 9.59 Å². The van der Waals surface area contributed by atoms with Crippen LogP contribution in [0.25, 0.3) is 5.69 Å². The van der Waals surface area contributed by atoms with Gasteiger partial charge in [-0.2, -0.15) is 5.10 Å². The van der Waals surface area contributed by atoms with Crippen LogP contribution in [-0.2, 0) is 11.2 Å². The minimum atomic E-state index is -0.584. The third kappa shape index (κ3) is 3.57. The number of benzene rings is 2. The maximum Gasteiger partial charge on any atom is 0.270 e. The first-order valence-electron chi connectivity index (χ1n) is 7.67. The Balaban J connectivity index is 1.75. The average Bonchev–Trinajstić information content (AvgIpc) is 3.12.